The third kappa shape index (κ3) is 8.10. The number of ether oxygens (including phenoxy) is 2. The Morgan fingerprint density at radius 3 is 2.42 bits per heavy atom. The Labute approximate surface area is 152 Å². The molecule has 1 rings (SSSR count). The lowest BCUT2D eigenvalue weighted by atomic mass is 10.4. The number of nitrogens with zero attached hydrogens (tertiary/aromatic N) is 2. The van der Waals surface area contributed by atoms with E-state index in [1.54, 1.807) is 6.07 Å². The molecule has 0 fully saturated rings. The van der Waals surface area contributed by atoms with E-state index in [9.17, 15) is 4.57 Å². The molecule has 1 unspecified atom stereocenters. The zero-order valence-corrected chi connectivity index (χ0v) is 17.3. The molecule has 138 valence electrons. The van der Waals surface area contributed by atoms with Crippen molar-refractivity contribution in [1.29, 1.82) is 0 Å². The Kier molecular flexibility index (Phi) is 10.8. The molecule has 0 radical (unpaired) electrons. The number of hydrogen-bond donors (Lipinski definition) is 0. The predicted molar refractivity (Wildman–Crippen MR) is 102 cm³/mol. The Morgan fingerprint density at radius 1 is 1.04 bits per heavy atom. The van der Waals surface area contributed by atoms with Gasteiger partial charge < -0.3 is 14.0 Å². The van der Waals surface area contributed by atoms with E-state index in [2.05, 4.69) is 16.9 Å². The highest BCUT2D eigenvalue weighted by Crippen LogP contribution is 2.70. The number of aromatic nitrogens is 2. The van der Waals surface area contributed by atoms with Crippen LogP contribution in [0.15, 0.2) is 6.07 Å². The van der Waals surface area contributed by atoms with Gasteiger partial charge in [-0.1, -0.05) is 36.6 Å². The van der Waals surface area contributed by atoms with Crippen molar-refractivity contribution in [2.75, 3.05) is 25.6 Å². The van der Waals surface area contributed by atoms with E-state index >= 15 is 0 Å². The zero-order chi connectivity index (χ0) is 17.8. The van der Waals surface area contributed by atoms with Crippen molar-refractivity contribution in [3.8, 4) is 11.9 Å². The summed E-state index contributed by atoms with van der Waals surface area (Å²) in [4.78, 5) is 8.54. The van der Waals surface area contributed by atoms with Crippen LogP contribution in [0.25, 0.3) is 0 Å². The first-order valence-corrected chi connectivity index (χ1v) is 13.0. The largest absolute Gasteiger partial charge is 0.478 e. The van der Waals surface area contributed by atoms with Gasteiger partial charge in [-0.15, -0.1) is 0 Å². The van der Waals surface area contributed by atoms with E-state index < -0.39 is 5.77 Å². The van der Waals surface area contributed by atoms with Crippen molar-refractivity contribution in [2.45, 2.75) is 46.3 Å². The van der Waals surface area contributed by atoms with Crippen LogP contribution >= 0.6 is 28.5 Å². The van der Waals surface area contributed by atoms with Gasteiger partial charge in [0.1, 0.15) is 0 Å². The first-order chi connectivity index (χ1) is 11.6. The van der Waals surface area contributed by atoms with Crippen LogP contribution in [0.4, 0.5) is 0 Å². The molecule has 0 aliphatic rings. The quantitative estimate of drug-likeness (QED) is 0.424. The van der Waals surface area contributed by atoms with Crippen molar-refractivity contribution in [2.24, 2.45) is 0 Å². The van der Waals surface area contributed by atoms with E-state index in [0.29, 0.717) is 31.5 Å². The second kappa shape index (κ2) is 12.0. The lowest BCUT2D eigenvalue weighted by Crippen LogP contribution is -2.03. The van der Waals surface area contributed by atoms with Crippen LogP contribution in [0.2, 0.25) is 0 Å². The third-order valence-corrected chi connectivity index (χ3v) is 10.1. The standard InChI is InChI=1S/C15H27N2O4PS2/c1-5-9-21-22(18,23-10-6-2)24-12-13-11-14(19-7-3)17-15(16-13)20-8-4/h11H,5-10,12H2,1-4H3. The smallest absolute Gasteiger partial charge is 0.319 e. The maximum Gasteiger partial charge on any atom is 0.319 e. The third-order valence-electron chi connectivity index (χ3n) is 2.58. The van der Waals surface area contributed by atoms with Crippen LogP contribution in [-0.4, -0.2) is 35.5 Å². The maximum absolute atomic E-state index is 12.9. The predicted octanol–water partition coefficient (Wildman–Crippen LogP) is 5.19. The van der Waals surface area contributed by atoms with Crippen molar-refractivity contribution in [3.63, 3.8) is 0 Å². The van der Waals surface area contributed by atoms with Gasteiger partial charge in [0.05, 0.1) is 25.5 Å². The molecule has 0 amide bonds. The molecule has 1 atom stereocenters. The summed E-state index contributed by atoms with van der Waals surface area (Å²) in [7, 11) is 0. The molecule has 0 N–H and O–H groups in total. The first-order valence-electron chi connectivity index (χ1n) is 8.24. The van der Waals surface area contributed by atoms with E-state index in [4.69, 9.17) is 14.0 Å². The van der Waals surface area contributed by atoms with Crippen LogP contribution in [-0.2, 0) is 14.8 Å². The molecule has 0 spiro atoms. The summed E-state index contributed by atoms with van der Waals surface area (Å²) in [5, 5.41) is 0. The molecular formula is C15H27N2O4PS2. The van der Waals surface area contributed by atoms with Crippen LogP contribution in [0.1, 0.15) is 46.2 Å². The highest BCUT2D eigenvalue weighted by atomic mass is 33.1. The van der Waals surface area contributed by atoms with Crippen LogP contribution < -0.4 is 9.47 Å². The zero-order valence-electron chi connectivity index (χ0n) is 14.8. The van der Waals surface area contributed by atoms with Gasteiger partial charge in [-0.3, -0.25) is 4.57 Å². The van der Waals surface area contributed by atoms with Gasteiger partial charge >= 0.3 is 11.8 Å². The summed E-state index contributed by atoms with van der Waals surface area (Å²) in [6, 6.07) is 2.04. The van der Waals surface area contributed by atoms with Gasteiger partial charge in [0.2, 0.25) is 5.88 Å². The molecule has 6 nitrogen and oxygen atoms in total. The lowest BCUT2D eigenvalue weighted by molar-refractivity contribution is 0.288. The maximum atomic E-state index is 12.9. The Bertz CT molecular complexity index is 498. The SMILES string of the molecule is CCCOP(=O)(SCCC)SCc1cc(OCC)nc(OCC)n1. The summed E-state index contributed by atoms with van der Waals surface area (Å²) >= 11 is 2.71. The van der Waals surface area contributed by atoms with Crippen molar-refractivity contribution < 1.29 is 18.6 Å². The second-order valence-electron chi connectivity index (χ2n) is 4.73. The normalized spacial score (nSPS) is 13.5. The van der Waals surface area contributed by atoms with Crippen LogP contribution in [0.3, 0.4) is 0 Å². The average Bonchev–Trinajstić information content (AvgIpc) is 2.57. The molecule has 1 aromatic rings. The van der Waals surface area contributed by atoms with Gasteiger partial charge in [0.15, 0.2) is 0 Å². The van der Waals surface area contributed by atoms with Crippen LogP contribution in [0.5, 0.6) is 11.9 Å². The molecule has 0 saturated heterocycles. The molecule has 0 aromatic carbocycles. The Hall–Kier alpha value is -0.430. The Morgan fingerprint density at radius 2 is 1.79 bits per heavy atom. The summed E-state index contributed by atoms with van der Waals surface area (Å²) in [6.07, 6.45) is 1.80. The highest BCUT2D eigenvalue weighted by molar-refractivity contribution is 8.89. The number of rotatable bonds is 13. The minimum absolute atomic E-state index is 0.282. The van der Waals surface area contributed by atoms with E-state index in [0.717, 1.165) is 24.3 Å². The molecule has 1 aromatic heterocycles. The molecule has 24 heavy (non-hydrogen) atoms. The fourth-order valence-corrected chi connectivity index (χ4v) is 8.10. The topological polar surface area (TPSA) is 70.5 Å². The van der Waals surface area contributed by atoms with Gasteiger partial charge in [0, 0.05) is 17.6 Å². The number of hydrogen-bond acceptors (Lipinski definition) is 8. The summed E-state index contributed by atoms with van der Waals surface area (Å²) < 4.78 is 29.4. The summed E-state index contributed by atoms with van der Waals surface area (Å²) in [5.74, 6) is -1.05. The lowest BCUT2D eigenvalue weighted by Gasteiger charge is -2.16. The van der Waals surface area contributed by atoms with Crippen LogP contribution in [0, 0.1) is 0 Å². The molecule has 0 aliphatic carbocycles. The molecule has 0 aliphatic heterocycles. The van der Waals surface area contributed by atoms with Crippen molar-refractivity contribution >= 4 is 28.5 Å². The molecule has 9 heteroatoms. The van der Waals surface area contributed by atoms with Gasteiger partial charge in [-0.05, 0) is 26.7 Å². The second-order valence-corrected chi connectivity index (χ2v) is 12.2. The average molecular weight is 394 g/mol. The van der Waals surface area contributed by atoms with Crippen molar-refractivity contribution in [1.82, 2.24) is 9.97 Å². The molecule has 0 saturated carbocycles. The van der Waals surface area contributed by atoms with Gasteiger partial charge in [-0.25, -0.2) is 0 Å². The summed E-state index contributed by atoms with van der Waals surface area (Å²) in [5.41, 5.74) is 0.722. The van der Waals surface area contributed by atoms with Gasteiger partial charge in [-0.2, -0.15) is 9.97 Å². The molecule has 0 bridgehead atoms. The van der Waals surface area contributed by atoms with E-state index in [1.165, 1.54) is 22.8 Å². The first kappa shape index (κ1) is 21.6. The minimum atomic E-state index is -2.79. The minimum Gasteiger partial charge on any atom is -0.478 e. The van der Waals surface area contributed by atoms with E-state index in [-0.39, 0.29) is 6.01 Å². The fraction of sp³-hybridized carbons (Fsp3) is 0.733. The van der Waals surface area contributed by atoms with Crippen molar-refractivity contribution in [3.05, 3.63) is 11.8 Å². The molecular weight excluding hydrogens is 367 g/mol. The van der Waals surface area contributed by atoms with Gasteiger partial charge in [0.25, 0.3) is 0 Å². The van der Waals surface area contributed by atoms with E-state index in [1.807, 2.05) is 20.8 Å². The Balaban J connectivity index is 2.82. The monoisotopic (exact) mass is 394 g/mol. The summed E-state index contributed by atoms with van der Waals surface area (Å²) in [6.45, 7) is 9.33. The molecule has 1 heterocycles. The highest BCUT2D eigenvalue weighted by Gasteiger charge is 2.25. The fourth-order valence-electron chi connectivity index (χ4n) is 1.60.